The van der Waals surface area contributed by atoms with Gasteiger partial charge in [-0.25, -0.2) is 0 Å². The van der Waals surface area contributed by atoms with Crippen molar-refractivity contribution in [2.75, 3.05) is 11.9 Å². The van der Waals surface area contributed by atoms with Gasteiger partial charge in [0.25, 0.3) is 0 Å². The van der Waals surface area contributed by atoms with Crippen LogP contribution in [0.25, 0.3) is 10.9 Å². The number of aromatic nitrogens is 1. The van der Waals surface area contributed by atoms with Gasteiger partial charge in [-0.2, -0.15) is 0 Å². The van der Waals surface area contributed by atoms with Gasteiger partial charge in [0, 0.05) is 35.0 Å². The van der Waals surface area contributed by atoms with E-state index in [1.807, 2.05) is 18.2 Å². The zero-order valence-corrected chi connectivity index (χ0v) is 12.1. The summed E-state index contributed by atoms with van der Waals surface area (Å²) in [6, 6.07) is 18.8. The fourth-order valence-electron chi connectivity index (χ4n) is 2.25. The number of nitrogens with one attached hydrogen (secondary N) is 1. The lowest BCUT2D eigenvalue weighted by Crippen LogP contribution is -2.09. The highest BCUT2D eigenvalue weighted by atomic mass is 79.9. The standard InChI is InChI=1S/C16H15BrN2/c17-14-6-2-3-7-15(14)18-10-12-19-11-9-13-5-1-4-8-16(13)19/h1-9,11,18H,10,12H2. The summed E-state index contributed by atoms with van der Waals surface area (Å²) in [5, 5.41) is 4.74. The Hall–Kier alpha value is -1.74. The van der Waals surface area contributed by atoms with Crippen LogP contribution in [0.1, 0.15) is 0 Å². The molecule has 0 saturated heterocycles. The molecule has 0 aliphatic carbocycles. The first-order valence-corrected chi connectivity index (χ1v) is 7.16. The van der Waals surface area contributed by atoms with Crippen LogP contribution in [0, 0.1) is 0 Å². The average molecular weight is 315 g/mol. The molecule has 0 saturated carbocycles. The van der Waals surface area contributed by atoms with Crippen molar-refractivity contribution in [3.05, 3.63) is 65.3 Å². The topological polar surface area (TPSA) is 17.0 Å². The van der Waals surface area contributed by atoms with Crippen molar-refractivity contribution in [3.8, 4) is 0 Å². The van der Waals surface area contributed by atoms with E-state index < -0.39 is 0 Å². The third kappa shape index (κ3) is 2.66. The lowest BCUT2D eigenvalue weighted by Gasteiger charge is -2.10. The minimum atomic E-state index is 0.904. The van der Waals surface area contributed by atoms with Crippen LogP contribution < -0.4 is 5.32 Å². The molecular weight excluding hydrogens is 300 g/mol. The van der Waals surface area contributed by atoms with Crippen molar-refractivity contribution in [3.63, 3.8) is 0 Å². The maximum absolute atomic E-state index is 3.55. The Morgan fingerprint density at radius 3 is 2.63 bits per heavy atom. The molecule has 0 atom stereocenters. The van der Waals surface area contributed by atoms with Crippen molar-refractivity contribution in [1.29, 1.82) is 0 Å². The van der Waals surface area contributed by atoms with Crippen LogP contribution in [0.4, 0.5) is 5.69 Å². The maximum Gasteiger partial charge on any atom is 0.0485 e. The van der Waals surface area contributed by atoms with E-state index in [4.69, 9.17) is 0 Å². The van der Waals surface area contributed by atoms with Crippen LogP contribution in [-0.4, -0.2) is 11.1 Å². The molecule has 2 nitrogen and oxygen atoms in total. The number of benzene rings is 2. The van der Waals surface area contributed by atoms with Gasteiger partial charge < -0.3 is 9.88 Å². The van der Waals surface area contributed by atoms with E-state index in [0.717, 1.165) is 23.2 Å². The Morgan fingerprint density at radius 2 is 1.74 bits per heavy atom. The summed E-state index contributed by atoms with van der Waals surface area (Å²) in [7, 11) is 0. The Balaban J connectivity index is 1.68. The van der Waals surface area contributed by atoms with Gasteiger partial charge in [-0.15, -0.1) is 0 Å². The van der Waals surface area contributed by atoms with Gasteiger partial charge in [-0.3, -0.25) is 0 Å². The van der Waals surface area contributed by atoms with Crippen molar-refractivity contribution in [2.45, 2.75) is 6.54 Å². The van der Waals surface area contributed by atoms with Crippen LogP contribution in [0.5, 0.6) is 0 Å². The Morgan fingerprint density at radius 1 is 0.947 bits per heavy atom. The van der Waals surface area contributed by atoms with Crippen LogP contribution in [0.3, 0.4) is 0 Å². The SMILES string of the molecule is Brc1ccccc1NCCn1ccc2ccccc21. The molecule has 0 spiro atoms. The minimum Gasteiger partial charge on any atom is -0.382 e. The highest BCUT2D eigenvalue weighted by molar-refractivity contribution is 9.10. The molecule has 3 aromatic rings. The summed E-state index contributed by atoms with van der Waals surface area (Å²) in [4.78, 5) is 0. The second kappa shape index (κ2) is 5.49. The molecule has 0 bridgehead atoms. The van der Waals surface area contributed by atoms with Gasteiger partial charge in [-0.05, 0) is 45.6 Å². The number of rotatable bonds is 4. The predicted octanol–water partition coefficient (Wildman–Crippen LogP) is 4.52. The Labute approximate surface area is 121 Å². The molecule has 1 aromatic heterocycles. The summed E-state index contributed by atoms with van der Waals surface area (Å²) in [5.74, 6) is 0. The first-order valence-electron chi connectivity index (χ1n) is 6.37. The number of halogens is 1. The average Bonchev–Trinajstić information content (AvgIpc) is 2.85. The largest absolute Gasteiger partial charge is 0.382 e. The van der Waals surface area contributed by atoms with Gasteiger partial charge in [0.1, 0.15) is 0 Å². The summed E-state index contributed by atoms with van der Waals surface area (Å²) < 4.78 is 3.38. The second-order valence-electron chi connectivity index (χ2n) is 4.47. The summed E-state index contributed by atoms with van der Waals surface area (Å²) in [6.07, 6.45) is 2.15. The quantitative estimate of drug-likeness (QED) is 0.749. The predicted molar refractivity (Wildman–Crippen MR) is 84.6 cm³/mol. The molecule has 1 N–H and O–H groups in total. The van der Waals surface area contributed by atoms with E-state index in [1.54, 1.807) is 0 Å². The molecule has 3 rings (SSSR count). The van der Waals surface area contributed by atoms with E-state index in [1.165, 1.54) is 10.9 Å². The van der Waals surface area contributed by atoms with E-state index in [0.29, 0.717) is 0 Å². The highest BCUT2D eigenvalue weighted by Gasteiger charge is 2.00. The molecule has 0 amide bonds. The summed E-state index contributed by atoms with van der Waals surface area (Å²) in [6.45, 7) is 1.86. The first kappa shape index (κ1) is 12.3. The maximum atomic E-state index is 3.55. The van der Waals surface area contributed by atoms with E-state index in [-0.39, 0.29) is 0 Å². The third-order valence-corrected chi connectivity index (χ3v) is 3.91. The Kier molecular flexibility index (Phi) is 3.56. The van der Waals surface area contributed by atoms with Gasteiger partial charge in [-0.1, -0.05) is 30.3 Å². The molecular formula is C16H15BrN2. The molecule has 0 unspecified atom stereocenters. The fourth-order valence-corrected chi connectivity index (χ4v) is 2.68. The minimum absolute atomic E-state index is 0.904. The normalized spacial score (nSPS) is 10.8. The molecule has 3 heteroatoms. The molecule has 0 radical (unpaired) electrons. The van der Waals surface area contributed by atoms with Crippen LogP contribution in [0.15, 0.2) is 65.3 Å². The number of anilines is 1. The molecule has 1 heterocycles. The molecule has 2 aromatic carbocycles. The number of fused-ring (bicyclic) bond motifs is 1. The zero-order chi connectivity index (χ0) is 13.1. The van der Waals surface area contributed by atoms with E-state index in [9.17, 15) is 0 Å². The molecule has 0 aliphatic rings. The third-order valence-electron chi connectivity index (χ3n) is 3.22. The van der Waals surface area contributed by atoms with Crippen LogP contribution in [0.2, 0.25) is 0 Å². The van der Waals surface area contributed by atoms with Gasteiger partial charge in [0.15, 0.2) is 0 Å². The highest BCUT2D eigenvalue weighted by Crippen LogP contribution is 2.21. The summed E-state index contributed by atoms with van der Waals surface area (Å²) >= 11 is 3.55. The van der Waals surface area contributed by atoms with Gasteiger partial charge in [0.05, 0.1) is 0 Å². The van der Waals surface area contributed by atoms with Gasteiger partial charge >= 0.3 is 0 Å². The fraction of sp³-hybridized carbons (Fsp3) is 0.125. The lowest BCUT2D eigenvalue weighted by molar-refractivity contribution is 0.757. The molecule has 0 aliphatic heterocycles. The van der Waals surface area contributed by atoms with Crippen molar-refractivity contribution in [1.82, 2.24) is 4.57 Å². The molecule has 96 valence electrons. The van der Waals surface area contributed by atoms with Crippen molar-refractivity contribution >= 4 is 32.5 Å². The second-order valence-corrected chi connectivity index (χ2v) is 5.33. The number of para-hydroxylation sites is 2. The van der Waals surface area contributed by atoms with Crippen LogP contribution in [-0.2, 0) is 6.54 Å². The van der Waals surface area contributed by atoms with Crippen LogP contribution >= 0.6 is 15.9 Å². The number of hydrogen-bond donors (Lipinski definition) is 1. The lowest BCUT2D eigenvalue weighted by atomic mass is 10.2. The van der Waals surface area contributed by atoms with Crippen molar-refractivity contribution < 1.29 is 0 Å². The van der Waals surface area contributed by atoms with E-state index >= 15 is 0 Å². The Bertz CT molecular complexity index is 688. The number of nitrogens with zero attached hydrogens (tertiary/aromatic N) is 1. The van der Waals surface area contributed by atoms with Gasteiger partial charge in [0.2, 0.25) is 0 Å². The molecule has 0 fully saturated rings. The first-order chi connectivity index (χ1) is 9.34. The molecule has 19 heavy (non-hydrogen) atoms. The monoisotopic (exact) mass is 314 g/mol. The smallest absolute Gasteiger partial charge is 0.0485 e. The summed E-state index contributed by atoms with van der Waals surface area (Å²) in [5.41, 5.74) is 2.43. The van der Waals surface area contributed by atoms with Crippen molar-refractivity contribution in [2.24, 2.45) is 0 Å². The number of hydrogen-bond acceptors (Lipinski definition) is 1. The zero-order valence-electron chi connectivity index (χ0n) is 10.5. The van der Waals surface area contributed by atoms with E-state index in [2.05, 4.69) is 68.4 Å².